The van der Waals surface area contributed by atoms with Crippen LogP contribution in [0.3, 0.4) is 0 Å². The van der Waals surface area contributed by atoms with Crippen molar-refractivity contribution in [1.29, 1.82) is 0 Å². The first-order valence-electron chi connectivity index (χ1n) is 5.77. The molecule has 2 N–H and O–H groups in total. The minimum absolute atomic E-state index is 0.113. The van der Waals surface area contributed by atoms with Crippen LogP contribution in [0.15, 0.2) is 18.2 Å². The van der Waals surface area contributed by atoms with E-state index in [0.29, 0.717) is 24.1 Å². The minimum Gasteiger partial charge on any atom is -0.481 e. The molecule has 0 aliphatic heterocycles. The Morgan fingerprint density at radius 2 is 1.95 bits per heavy atom. The fourth-order valence-electron chi connectivity index (χ4n) is 1.83. The Kier molecular flexibility index (Phi) is 3.84. The van der Waals surface area contributed by atoms with Crippen LogP contribution in [0.25, 0.3) is 0 Å². The lowest BCUT2D eigenvalue weighted by molar-refractivity contribution is -0.140. The Labute approximate surface area is 110 Å². The molecule has 0 radical (unpaired) electrons. The van der Waals surface area contributed by atoms with Gasteiger partial charge in [-0.2, -0.15) is 9.97 Å². The minimum atomic E-state index is -0.829. The largest absolute Gasteiger partial charge is 0.481 e. The number of ether oxygens (including phenoxy) is 2. The van der Waals surface area contributed by atoms with Gasteiger partial charge in [-0.3, -0.25) is 4.79 Å². The second-order valence-corrected chi connectivity index (χ2v) is 4.09. The molecule has 1 heterocycles. The summed E-state index contributed by atoms with van der Waals surface area (Å²) in [6.45, 7) is 0. The van der Waals surface area contributed by atoms with Crippen molar-refractivity contribution in [3.63, 3.8) is 0 Å². The van der Waals surface area contributed by atoms with Gasteiger partial charge in [0.2, 0.25) is 17.7 Å². The van der Waals surface area contributed by atoms with Gasteiger partial charge < -0.3 is 19.9 Å². The van der Waals surface area contributed by atoms with E-state index in [-0.39, 0.29) is 6.04 Å². The summed E-state index contributed by atoms with van der Waals surface area (Å²) in [6, 6.07) is 1.45. The average Bonchev–Trinajstić information content (AvgIpc) is 2.87. The summed E-state index contributed by atoms with van der Waals surface area (Å²) in [4.78, 5) is 19.1. The van der Waals surface area contributed by atoms with E-state index in [9.17, 15) is 4.79 Å². The molecule has 1 aromatic heterocycles. The molecule has 7 heteroatoms. The van der Waals surface area contributed by atoms with Crippen molar-refractivity contribution in [2.24, 2.45) is 5.92 Å². The third-order valence-electron chi connectivity index (χ3n) is 2.81. The van der Waals surface area contributed by atoms with Gasteiger partial charge in [0, 0.05) is 6.04 Å². The van der Waals surface area contributed by atoms with Gasteiger partial charge in [-0.1, -0.05) is 12.2 Å². The lowest BCUT2D eigenvalue weighted by Crippen LogP contribution is -2.20. The number of anilines is 1. The number of hydrogen-bond donors (Lipinski definition) is 2. The summed E-state index contributed by atoms with van der Waals surface area (Å²) in [5.41, 5.74) is 0. The van der Waals surface area contributed by atoms with Crippen LogP contribution in [0.5, 0.6) is 11.8 Å². The number of carboxylic acid groups (broad SMARTS) is 1. The molecule has 2 rings (SSSR count). The maximum Gasteiger partial charge on any atom is 0.310 e. The van der Waals surface area contributed by atoms with E-state index < -0.39 is 11.9 Å². The number of carboxylic acids is 1. The SMILES string of the molecule is COc1cc(OC)nc(NC2C=CC(C(=O)O)C2)n1. The van der Waals surface area contributed by atoms with E-state index >= 15 is 0 Å². The number of nitrogens with zero attached hydrogens (tertiary/aromatic N) is 2. The maximum absolute atomic E-state index is 10.9. The van der Waals surface area contributed by atoms with E-state index in [1.54, 1.807) is 18.2 Å². The number of rotatable bonds is 5. The van der Waals surface area contributed by atoms with Crippen LogP contribution in [0, 0.1) is 5.92 Å². The van der Waals surface area contributed by atoms with E-state index in [4.69, 9.17) is 14.6 Å². The van der Waals surface area contributed by atoms with Gasteiger partial charge in [0.25, 0.3) is 0 Å². The smallest absolute Gasteiger partial charge is 0.310 e. The topological polar surface area (TPSA) is 93.6 Å². The van der Waals surface area contributed by atoms with Crippen molar-refractivity contribution in [1.82, 2.24) is 9.97 Å². The van der Waals surface area contributed by atoms with E-state index in [1.165, 1.54) is 14.2 Å². The molecule has 1 aliphatic rings. The highest BCUT2D eigenvalue weighted by atomic mass is 16.5. The first-order valence-corrected chi connectivity index (χ1v) is 5.77. The molecular weight excluding hydrogens is 250 g/mol. The number of hydrogen-bond acceptors (Lipinski definition) is 6. The monoisotopic (exact) mass is 265 g/mol. The van der Waals surface area contributed by atoms with Gasteiger partial charge in [-0.15, -0.1) is 0 Å². The van der Waals surface area contributed by atoms with Crippen LogP contribution < -0.4 is 14.8 Å². The van der Waals surface area contributed by atoms with Gasteiger partial charge in [0.15, 0.2) is 0 Å². The number of carbonyl (C=O) groups is 1. The quantitative estimate of drug-likeness (QED) is 0.765. The Hall–Kier alpha value is -2.31. The zero-order valence-corrected chi connectivity index (χ0v) is 10.7. The van der Waals surface area contributed by atoms with E-state index in [1.807, 2.05) is 0 Å². The lowest BCUT2D eigenvalue weighted by atomic mass is 10.1. The highest BCUT2D eigenvalue weighted by Crippen LogP contribution is 2.23. The Morgan fingerprint density at radius 3 is 2.42 bits per heavy atom. The highest BCUT2D eigenvalue weighted by molar-refractivity contribution is 5.73. The first kappa shape index (κ1) is 13.1. The molecule has 0 saturated carbocycles. The molecule has 0 spiro atoms. The summed E-state index contributed by atoms with van der Waals surface area (Å²) in [7, 11) is 3.00. The molecule has 102 valence electrons. The third-order valence-corrected chi connectivity index (χ3v) is 2.81. The Balaban J connectivity index is 2.07. The van der Waals surface area contributed by atoms with Crippen molar-refractivity contribution < 1.29 is 19.4 Å². The van der Waals surface area contributed by atoms with Gasteiger partial charge in [0.05, 0.1) is 26.2 Å². The normalized spacial score (nSPS) is 21.2. The zero-order chi connectivity index (χ0) is 13.8. The number of methoxy groups -OCH3 is 2. The third kappa shape index (κ3) is 3.12. The first-order chi connectivity index (χ1) is 9.12. The number of nitrogens with one attached hydrogen (secondary N) is 1. The van der Waals surface area contributed by atoms with Crippen LogP contribution in [-0.2, 0) is 4.79 Å². The molecular formula is C12H15N3O4. The average molecular weight is 265 g/mol. The number of aliphatic carboxylic acids is 1. The maximum atomic E-state index is 10.9. The van der Waals surface area contributed by atoms with Crippen LogP contribution >= 0.6 is 0 Å². The summed E-state index contributed by atoms with van der Waals surface area (Å²) < 4.78 is 10.1. The predicted octanol–water partition coefficient (Wildman–Crippen LogP) is 0.935. The molecule has 2 unspecified atom stereocenters. The van der Waals surface area contributed by atoms with Crippen molar-refractivity contribution in [3.8, 4) is 11.8 Å². The Bertz CT molecular complexity index is 481. The summed E-state index contributed by atoms with van der Waals surface area (Å²) in [5.74, 6) is -0.191. The summed E-state index contributed by atoms with van der Waals surface area (Å²) >= 11 is 0. The van der Waals surface area contributed by atoms with E-state index in [0.717, 1.165) is 0 Å². The van der Waals surface area contributed by atoms with Crippen LogP contribution in [0.2, 0.25) is 0 Å². The second kappa shape index (κ2) is 5.55. The van der Waals surface area contributed by atoms with Crippen LogP contribution in [0.1, 0.15) is 6.42 Å². The molecule has 0 bridgehead atoms. The predicted molar refractivity (Wildman–Crippen MR) is 67.4 cm³/mol. The molecule has 1 aliphatic carbocycles. The van der Waals surface area contributed by atoms with Crippen molar-refractivity contribution in [3.05, 3.63) is 18.2 Å². The fraction of sp³-hybridized carbons (Fsp3) is 0.417. The van der Waals surface area contributed by atoms with Gasteiger partial charge in [-0.25, -0.2) is 0 Å². The summed E-state index contributed by atoms with van der Waals surface area (Å²) in [6.07, 6.45) is 3.93. The molecule has 0 amide bonds. The molecule has 0 fully saturated rings. The molecule has 0 saturated heterocycles. The molecule has 19 heavy (non-hydrogen) atoms. The molecule has 1 aromatic rings. The van der Waals surface area contributed by atoms with Crippen molar-refractivity contribution in [2.75, 3.05) is 19.5 Å². The van der Waals surface area contributed by atoms with Gasteiger partial charge in [-0.05, 0) is 6.42 Å². The Morgan fingerprint density at radius 1 is 1.32 bits per heavy atom. The molecule has 2 atom stereocenters. The van der Waals surface area contributed by atoms with Crippen LogP contribution in [0.4, 0.5) is 5.95 Å². The molecule has 7 nitrogen and oxygen atoms in total. The zero-order valence-electron chi connectivity index (χ0n) is 10.7. The van der Waals surface area contributed by atoms with Crippen molar-refractivity contribution >= 4 is 11.9 Å². The van der Waals surface area contributed by atoms with E-state index in [2.05, 4.69) is 15.3 Å². The highest BCUT2D eigenvalue weighted by Gasteiger charge is 2.24. The molecule has 0 aromatic carbocycles. The lowest BCUT2D eigenvalue weighted by Gasteiger charge is -2.13. The second-order valence-electron chi connectivity index (χ2n) is 4.09. The van der Waals surface area contributed by atoms with Crippen LogP contribution in [-0.4, -0.2) is 41.3 Å². The number of aromatic nitrogens is 2. The summed E-state index contributed by atoms with van der Waals surface area (Å²) in [5, 5.41) is 12.0. The van der Waals surface area contributed by atoms with Gasteiger partial charge in [0.1, 0.15) is 0 Å². The fourth-order valence-corrected chi connectivity index (χ4v) is 1.83. The van der Waals surface area contributed by atoms with Crippen molar-refractivity contribution in [2.45, 2.75) is 12.5 Å². The van der Waals surface area contributed by atoms with Gasteiger partial charge >= 0.3 is 5.97 Å². The standard InChI is InChI=1S/C12H15N3O4/c1-18-9-6-10(19-2)15-12(14-9)13-8-4-3-7(5-8)11(16)17/h3-4,6-8H,5H2,1-2H3,(H,16,17)(H,13,14,15).